The molecule has 2 aliphatic heterocycles. The summed E-state index contributed by atoms with van der Waals surface area (Å²) in [6, 6.07) is 14.0. The molecule has 29 heavy (non-hydrogen) atoms. The summed E-state index contributed by atoms with van der Waals surface area (Å²) >= 11 is 0. The first kappa shape index (κ1) is 19.6. The van der Waals surface area contributed by atoms with Crippen LogP contribution in [0.4, 0.5) is 10.1 Å². The second-order valence-corrected chi connectivity index (χ2v) is 7.75. The number of rotatable bonds is 4. The number of hydrogen-bond donors (Lipinski definition) is 0. The van der Waals surface area contributed by atoms with E-state index in [0.717, 1.165) is 50.3 Å². The summed E-state index contributed by atoms with van der Waals surface area (Å²) in [5, 5.41) is 0. The Kier molecular flexibility index (Phi) is 5.90. The van der Waals surface area contributed by atoms with Gasteiger partial charge in [0, 0.05) is 56.9 Å². The van der Waals surface area contributed by atoms with Crippen LogP contribution in [0.2, 0.25) is 0 Å². The van der Waals surface area contributed by atoms with Gasteiger partial charge in [0.1, 0.15) is 5.82 Å². The fourth-order valence-electron chi connectivity index (χ4n) is 4.09. The van der Waals surface area contributed by atoms with E-state index in [9.17, 15) is 14.0 Å². The molecule has 4 rings (SSSR count). The lowest BCUT2D eigenvalue weighted by Gasteiger charge is -2.23. The highest BCUT2D eigenvalue weighted by Gasteiger charge is 2.24. The van der Waals surface area contributed by atoms with E-state index in [1.54, 1.807) is 4.90 Å². The Hall–Kier alpha value is -2.73. The molecular formula is C23H26FN3O2. The summed E-state index contributed by atoms with van der Waals surface area (Å²) in [4.78, 5) is 31.0. The molecule has 0 unspecified atom stereocenters. The highest BCUT2D eigenvalue weighted by Crippen LogP contribution is 2.23. The van der Waals surface area contributed by atoms with Crippen LogP contribution in [0.15, 0.2) is 48.5 Å². The van der Waals surface area contributed by atoms with E-state index in [4.69, 9.17) is 0 Å². The van der Waals surface area contributed by atoms with Gasteiger partial charge >= 0.3 is 0 Å². The molecule has 0 radical (unpaired) electrons. The van der Waals surface area contributed by atoms with Crippen LogP contribution in [0.3, 0.4) is 0 Å². The van der Waals surface area contributed by atoms with Gasteiger partial charge in [0.2, 0.25) is 5.91 Å². The maximum Gasteiger partial charge on any atom is 0.253 e. The Bertz CT molecular complexity index is 884. The number of carbonyl (C=O) groups excluding carboxylic acids is 2. The van der Waals surface area contributed by atoms with E-state index in [2.05, 4.69) is 4.90 Å². The minimum atomic E-state index is -0.223. The number of nitrogens with zero attached hydrogens (tertiary/aromatic N) is 3. The summed E-state index contributed by atoms with van der Waals surface area (Å²) < 4.78 is 13.1. The zero-order valence-corrected chi connectivity index (χ0v) is 16.5. The first-order chi connectivity index (χ1) is 14.1. The molecule has 2 aromatic carbocycles. The Morgan fingerprint density at radius 3 is 2.52 bits per heavy atom. The highest BCUT2D eigenvalue weighted by atomic mass is 19.1. The van der Waals surface area contributed by atoms with Gasteiger partial charge < -0.3 is 9.80 Å². The van der Waals surface area contributed by atoms with Crippen molar-refractivity contribution in [2.75, 3.05) is 37.6 Å². The van der Waals surface area contributed by atoms with Gasteiger partial charge in [0.05, 0.1) is 0 Å². The quantitative estimate of drug-likeness (QED) is 0.798. The first-order valence-corrected chi connectivity index (χ1v) is 10.3. The lowest BCUT2D eigenvalue weighted by Crippen LogP contribution is -2.35. The molecule has 0 spiro atoms. The molecule has 0 aromatic heterocycles. The first-order valence-electron chi connectivity index (χ1n) is 10.3. The molecule has 2 aromatic rings. The van der Waals surface area contributed by atoms with E-state index >= 15 is 0 Å². The third kappa shape index (κ3) is 4.65. The minimum Gasteiger partial charge on any atom is -0.337 e. The smallest absolute Gasteiger partial charge is 0.253 e. The van der Waals surface area contributed by atoms with Crippen LogP contribution in [0.5, 0.6) is 0 Å². The van der Waals surface area contributed by atoms with Gasteiger partial charge in [-0.1, -0.05) is 18.2 Å². The summed E-state index contributed by atoms with van der Waals surface area (Å²) in [6.07, 6.45) is 2.35. The molecule has 2 aliphatic rings. The van der Waals surface area contributed by atoms with Gasteiger partial charge in [-0.3, -0.25) is 14.5 Å². The van der Waals surface area contributed by atoms with Gasteiger partial charge in [-0.25, -0.2) is 4.39 Å². The molecule has 2 fully saturated rings. The zero-order chi connectivity index (χ0) is 20.2. The minimum absolute atomic E-state index is 0.0159. The number of amides is 2. The number of anilines is 1. The summed E-state index contributed by atoms with van der Waals surface area (Å²) in [5.41, 5.74) is 2.52. The van der Waals surface area contributed by atoms with E-state index in [-0.39, 0.29) is 17.6 Å². The lowest BCUT2D eigenvalue weighted by molar-refractivity contribution is -0.117. The molecule has 0 aliphatic carbocycles. The molecular weight excluding hydrogens is 369 g/mol. The second kappa shape index (κ2) is 8.74. The predicted molar refractivity (Wildman–Crippen MR) is 110 cm³/mol. The highest BCUT2D eigenvalue weighted by molar-refractivity contribution is 5.99. The van der Waals surface area contributed by atoms with Gasteiger partial charge in [0.25, 0.3) is 5.91 Å². The van der Waals surface area contributed by atoms with Crippen molar-refractivity contribution < 1.29 is 14.0 Å². The normalized spacial score (nSPS) is 18.2. The van der Waals surface area contributed by atoms with Crippen LogP contribution in [-0.4, -0.2) is 54.3 Å². The largest absolute Gasteiger partial charge is 0.337 e. The van der Waals surface area contributed by atoms with Gasteiger partial charge in [-0.15, -0.1) is 0 Å². The second-order valence-electron chi connectivity index (χ2n) is 7.75. The molecule has 5 nitrogen and oxygen atoms in total. The molecule has 0 saturated carbocycles. The third-order valence-electron chi connectivity index (χ3n) is 5.67. The summed E-state index contributed by atoms with van der Waals surface area (Å²) in [5.74, 6) is -0.0813. The van der Waals surface area contributed by atoms with Crippen LogP contribution in [-0.2, 0) is 11.3 Å². The Labute approximate surface area is 170 Å². The van der Waals surface area contributed by atoms with E-state index in [1.165, 1.54) is 12.1 Å². The topological polar surface area (TPSA) is 43.9 Å². The van der Waals surface area contributed by atoms with Crippen molar-refractivity contribution in [1.29, 1.82) is 0 Å². The number of hydrogen-bond acceptors (Lipinski definition) is 3. The van der Waals surface area contributed by atoms with Crippen LogP contribution < -0.4 is 4.90 Å². The van der Waals surface area contributed by atoms with Crippen LogP contribution in [0.1, 0.15) is 35.2 Å². The van der Waals surface area contributed by atoms with Crippen molar-refractivity contribution in [2.45, 2.75) is 25.8 Å². The molecule has 2 amide bonds. The number of carbonyl (C=O) groups is 2. The third-order valence-corrected chi connectivity index (χ3v) is 5.67. The van der Waals surface area contributed by atoms with E-state index < -0.39 is 0 Å². The van der Waals surface area contributed by atoms with Crippen molar-refractivity contribution in [3.05, 3.63) is 65.5 Å². The van der Waals surface area contributed by atoms with Crippen LogP contribution in [0.25, 0.3) is 0 Å². The van der Waals surface area contributed by atoms with Crippen molar-refractivity contribution in [1.82, 2.24) is 9.80 Å². The molecule has 6 heteroatoms. The average molecular weight is 395 g/mol. The number of halogens is 1. The van der Waals surface area contributed by atoms with E-state index in [0.29, 0.717) is 25.1 Å². The average Bonchev–Trinajstić information content (AvgIpc) is 3.03. The molecule has 2 saturated heterocycles. The summed E-state index contributed by atoms with van der Waals surface area (Å²) in [7, 11) is 0. The van der Waals surface area contributed by atoms with Crippen LogP contribution in [0, 0.1) is 5.82 Å². The SMILES string of the molecule is O=C(c1cccc(N2CCCC2=O)c1)N1CCCN(Cc2ccc(F)cc2)CC1. The maximum atomic E-state index is 13.1. The molecule has 0 N–H and O–H groups in total. The van der Waals surface area contributed by atoms with Gasteiger partial charge in [0.15, 0.2) is 0 Å². The Balaban J connectivity index is 1.39. The maximum absolute atomic E-state index is 13.1. The molecule has 0 atom stereocenters. The van der Waals surface area contributed by atoms with E-state index in [1.807, 2.05) is 41.3 Å². The predicted octanol–water partition coefficient (Wildman–Crippen LogP) is 3.30. The van der Waals surface area contributed by atoms with Crippen molar-refractivity contribution in [3.63, 3.8) is 0 Å². The standard InChI is InChI=1S/C23H26FN3O2/c24-20-9-7-18(8-10-20)17-25-11-3-12-26(15-14-25)23(29)19-4-1-5-21(16-19)27-13-2-6-22(27)28/h1,4-5,7-10,16H,2-3,6,11-15,17H2. The lowest BCUT2D eigenvalue weighted by atomic mass is 10.1. The zero-order valence-electron chi connectivity index (χ0n) is 16.5. The Morgan fingerprint density at radius 1 is 0.931 bits per heavy atom. The fourth-order valence-corrected chi connectivity index (χ4v) is 4.09. The van der Waals surface area contributed by atoms with Crippen LogP contribution >= 0.6 is 0 Å². The number of benzene rings is 2. The van der Waals surface area contributed by atoms with Crippen molar-refractivity contribution >= 4 is 17.5 Å². The van der Waals surface area contributed by atoms with Crippen molar-refractivity contribution in [2.24, 2.45) is 0 Å². The Morgan fingerprint density at radius 2 is 1.76 bits per heavy atom. The van der Waals surface area contributed by atoms with Crippen molar-refractivity contribution in [3.8, 4) is 0 Å². The molecule has 2 heterocycles. The summed E-state index contributed by atoms with van der Waals surface area (Å²) in [6.45, 7) is 4.54. The molecule has 152 valence electrons. The monoisotopic (exact) mass is 395 g/mol. The molecule has 0 bridgehead atoms. The fraction of sp³-hybridized carbons (Fsp3) is 0.391. The van der Waals surface area contributed by atoms with Gasteiger partial charge in [-0.05, 0) is 48.7 Å². The van der Waals surface area contributed by atoms with Gasteiger partial charge in [-0.2, -0.15) is 0 Å².